The Morgan fingerprint density at radius 2 is 1.83 bits per heavy atom. The second-order valence-electron chi connectivity index (χ2n) is 6.11. The Morgan fingerprint density at radius 1 is 1.13 bits per heavy atom. The molecule has 2 aromatic carbocycles. The van der Waals surface area contributed by atoms with E-state index in [9.17, 15) is 22.0 Å². The van der Waals surface area contributed by atoms with Crippen LogP contribution in [0.2, 0.25) is 10.0 Å². The molecule has 2 aromatic rings. The Balaban J connectivity index is 1.91. The van der Waals surface area contributed by atoms with Gasteiger partial charge in [-0.1, -0.05) is 41.0 Å². The van der Waals surface area contributed by atoms with Crippen LogP contribution in [0.3, 0.4) is 0 Å². The van der Waals surface area contributed by atoms with Crippen molar-refractivity contribution in [2.24, 2.45) is 0 Å². The summed E-state index contributed by atoms with van der Waals surface area (Å²) in [5.41, 5.74) is -0.0470. The van der Waals surface area contributed by atoms with Crippen LogP contribution in [0.1, 0.15) is 10.4 Å². The first-order valence-electron chi connectivity index (χ1n) is 8.62. The average molecular weight is 497 g/mol. The molecular weight excluding hydrogens is 481 g/mol. The molecule has 1 aliphatic rings. The number of alkyl halides is 2. The van der Waals surface area contributed by atoms with E-state index < -0.39 is 21.7 Å². The highest BCUT2D eigenvalue weighted by Gasteiger charge is 2.28. The first-order valence-corrected chi connectivity index (χ1v) is 11.7. The molecule has 0 aliphatic carbocycles. The zero-order valence-electron chi connectivity index (χ0n) is 15.3. The second kappa shape index (κ2) is 9.80. The average Bonchev–Trinajstić information content (AvgIpc) is 2.71. The Hall–Kier alpha value is -1.43. The van der Waals surface area contributed by atoms with E-state index in [-0.39, 0.29) is 69.2 Å². The summed E-state index contributed by atoms with van der Waals surface area (Å²) in [5, 5.41) is 2.54. The number of thioether (sulfide) groups is 1. The molecule has 1 saturated heterocycles. The third-order valence-electron chi connectivity index (χ3n) is 4.21. The number of hydrogen-bond donors (Lipinski definition) is 1. The number of nitrogens with zero attached hydrogens (tertiary/aromatic N) is 1. The molecule has 0 unspecified atom stereocenters. The number of halogens is 4. The molecule has 0 bridgehead atoms. The monoisotopic (exact) mass is 496 g/mol. The summed E-state index contributed by atoms with van der Waals surface area (Å²) in [4.78, 5) is 12.7. The molecule has 1 heterocycles. The molecule has 6 nitrogen and oxygen atoms in total. The topological polar surface area (TPSA) is 75.7 Å². The van der Waals surface area contributed by atoms with Gasteiger partial charge in [0, 0.05) is 13.1 Å². The number of sulfonamides is 1. The molecule has 1 N–H and O–H groups in total. The van der Waals surface area contributed by atoms with Gasteiger partial charge < -0.3 is 10.1 Å². The number of benzene rings is 2. The molecule has 1 amide bonds. The summed E-state index contributed by atoms with van der Waals surface area (Å²) in [6.45, 7) is 0.950. The second-order valence-corrected chi connectivity index (χ2v) is 9.86. The van der Waals surface area contributed by atoms with Crippen molar-refractivity contribution in [3.05, 3.63) is 52.0 Å². The van der Waals surface area contributed by atoms with Gasteiger partial charge in [0.2, 0.25) is 10.0 Å². The number of rotatable bonds is 6. The summed E-state index contributed by atoms with van der Waals surface area (Å²) in [7, 11) is -3.85. The van der Waals surface area contributed by atoms with Gasteiger partial charge in [0.25, 0.3) is 11.7 Å². The van der Waals surface area contributed by atoms with Gasteiger partial charge in [-0.15, -0.1) is 0 Å². The molecular formula is C18H16Cl2F2N2O4S2. The lowest BCUT2D eigenvalue weighted by molar-refractivity contribution is 0.0730. The molecule has 0 radical (unpaired) electrons. The molecule has 0 aromatic heterocycles. The highest BCUT2D eigenvalue weighted by atomic mass is 35.5. The van der Waals surface area contributed by atoms with Crippen LogP contribution in [0.15, 0.2) is 46.2 Å². The van der Waals surface area contributed by atoms with Gasteiger partial charge in [-0.2, -0.15) is 13.1 Å². The van der Waals surface area contributed by atoms with Gasteiger partial charge in [-0.25, -0.2) is 8.42 Å². The lowest BCUT2D eigenvalue weighted by Gasteiger charge is -2.26. The lowest BCUT2D eigenvalue weighted by atomic mass is 10.2. The fourth-order valence-corrected chi connectivity index (χ4v) is 5.33. The third kappa shape index (κ3) is 5.24. The van der Waals surface area contributed by atoms with Gasteiger partial charge in [0.1, 0.15) is 0 Å². The number of morpholine rings is 1. The minimum atomic E-state index is -3.85. The molecule has 12 heteroatoms. The standard InChI is InChI=1S/C18H16Cl2F2N2O4S2/c19-13-5-4-11(30(26,27)24-6-8-28-9-7-24)10-12(13)17(25)23-15-3-1-2-14(20)16(15)29-18(21)22/h1-5,10,18H,6-9H2,(H,23,25). The summed E-state index contributed by atoms with van der Waals surface area (Å²) < 4.78 is 57.8. The molecule has 0 saturated carbocycles. The van der Waals surface area contributed by atoms with Crippen molar-refractivity contribution < 1.29 is 26.7 Å². The van der Waals surface area contributed by atoms with E-state index in [1.165, 1.54) is 34.6 Å². The smallest absolute Gasteiger partial charge is 0.289 e. The van der Waals surface area contributed by atoms with E-state index in [1.807, 2.05) is 0 Å². The first kappa shape index (κ1) is 23.2. The van der Waals surface area contributed by atoms with Gasteiger partial charge >= 0.3 is 0 Å². The van der Waals surface area contributed by atoms with Gasteiger partial charge in [0.05, 0.1) is 44.3 Å². The zero-order chi connectivity index (χ0) is 21.9. The quantitative estimate of drug-likeness (QED) is 0.592. The third-order valence-corrected chi connectivity index (χ3v) is 7.72. The highest BCUT2D eigenvalue weighted by molar-refractivity contribution is 7.99. The van der Waals surface area contributed by atoms with Gasteiger partial charge in [-0.3, -0.25) is 4.79 Å². The number of ether oxygens (including phenoxy) is 1. The number of nitrogens with one attached hydrogen (secondary N) is 1. The minimum Gasteiger partial charge on any atom is -0.379 e. The maximum absolute atomic E-state index is 12.9. The van der Waals surface area contributed by atoms with E-state index in [4.69, 9.17) is 27.9 Å². The Morgan fingerprint density at radius 3 is 2.50 bits per heavy atom. The van der Waals surface area contributed by atoms with Crippen LogP contribution < -0.4 is 5.32 Å². The summed E-state index contributed by atoms with van der Waals surface area (Å²) in [6.07, 6.45) is 0. The fraction of sp³-hybridized carbons (Fsp3) is 0.278. The normalized spacial score (nSPS) is 15.4. The van der Waals surface area contributed by atoms with Crippen LogP contribution in [0.25, 0.3) is 0 Å². The predicted molar refractivity (Wildman–Crippen MR) is 112 cm³/mol. The number of amides is 1. The van der Waals surface area contributed by atoms with Gasteiger partial charge in [-0.05, 0) is 30.3 Å². The zero-order valence-corrected chi connectivity index (χ0v) is 18.4. The van der Waals surface area contributed by atoms with E-state index >= 15 is 0 Å². The van der Waals surface area contributed by atoms with Crippen molar-refractivity contribution in [1.29, 1.82) is 0 Å². The maximum atomic E-state index is 12.9. The van der Waals surface area contributed by atoms with E-state index in [1.54, 1.807) is 0 Å². The van der Waals surface area contributed by atoms with E-state index in [2.05, 4.69) is 5.32 Å². The lowest BCUT2D eigenvalue weighted by Crippen LogP contribution is -2.40. The van der Waals surface area contributed by atoms with E-state index in [0.717, 1.165) is 6.07 Å². The van der Waals surface area contributed by atoms with Crippen molar-refractivity contribution in [2.45, 2.75) is 15.5 Å². The van der Waals surface area contributed by atoms with Crippen LogP contribution in [0, 0.1) is 0 Å². The van der Waals surface area contributed by atoms with Crippen LogP contribution in [-0.4, -0.2) is 50.7 Å². The van der Waals surface area contributed by atoms with Crippen LogP contribution in [0.4, 0.5) is 14.5 Å². The minimum absolute atomic E-state index is 0.00395. The van der Waals surface area contributed by atoms with E-state index in [0.29, 0.717) is 0 Å². The van der Waals surface area contributed by atoms with Crippen LogP contribution in [-0.2, 0) is 14.8 Å². The maximum Gasteiger partial charge on any atom is 0.289 e. The molecule has 0 atom stereocenters. The molecule has 30 heavy (non-hydrogen) atoms. The largest absolute Gasteiger partial charge is 0.379 e. The number of carbonyl (C=O) groups is 1. The Kier molecular flexibility index (Phi) is 7.59. The summed E-state index contributed by atoms with van der Waals surface area (Å²) in [6, 6.07) is 8.10. The first-order chi connectivity index (χ1) is 14.2. The Bertz CT molecular complexity index is 1050. The number of carbonyl (C=O) groups excluding carboxylic acids is 1. The van der Waals surface area contributed by atoms with Crippen molar-refractivity contribution >= 4 is 56.6 Å². The highest BCUT2D eigenvalue weighted by Crippen LogP contribution is 2.38. The van der Waals surface area contributed by atoms with Crippen molar-refractivity contribution in [3.63, 3.8) is 0 Å². The number of hydrogen-bond acceptors (Lipinski definition) is 5. The predicted octanol–water partition coefficient (Wildman–Crippen LogP) is 4.58. The molecule has 162 valence electrons. The Labute approximate surface area is 186 Å². The molecule has 1 aliphatic heterocycles. The van der Waals surface area contributed by atoms with Crippen molar-refractivity contribution in [2.75, 3.05) is 31.6 Å². The summed E-state index contributed by atoms with van der Waals surface area (Å²) >= 11 is 12.3. The van der Waals surface area contributed by atoms with Crippen molar-refractivity contribution in [1.82, 2.24) is 4.31 Å². The van der Waals surface area contributed by atoms with Gasteiger partial charge in [0.15, 0.2) is 0 Å². The van der Waals surface area contributed by atoms with Crippen molar-refractivity contribution in [3.8, 4) is 0 Å². The van der Waals surface area contributed by atoms with Crippen LogP contribution in [0.5, 0.6) is 0 Å². The molecule has 0 spiro atoms. The SMILES string of the molecule is O=C(Nc1cccc(Cl)c1SC(F)F)c1cc(S(=O)(=O)N2CCOCC2)ccc1Cl. The van der Waals surface area contributed by atoms with Crippen LogP contribution >= 0.6 is 35.0 Å². The number of anilines is 1. The molecule has 1 fully saturated rings. The summed E-state index contributed by atoms with van der Waals surface area (Å²) in [5.74, 6) is -3.50. The fourth-order valence-electron chi connectivity index (χ4n) is 2.78. The molecule has 3 rings (SSSR count).